The van der Waals surface area contributed by atoms with E-state index >= 15 is 0 Å². The number of hydrogen-bond donors (Lipinski definition) is 2. The first-order valence-corrected chi connectivity index (χ1v) is 9.73. The molecular formula is C23H28N2O5. The van der Waals surface area contributed by atoms with Gasteiger partial charge in [0.25, 0.3) is 0 Å². The van der Waals surface area contributed by atoms with E-state index in [1.54, 1.807) is 7.11 Å². The molecule has 1 saturated heterocycles. The Kier molecular flexibility index (Phi) is 9.57. The van der Waals surface area contributed by atoms with Crippen molar-refractivity contribution in [3.05, 3.63) is 71.8 Å². The number of methoxy groups -OCH3 is 1. The zero-order valence-electron chi connectivity index (χ0n) is 17.1. The van der Waals surface area contributed by atoms with E-state index in [4.69, 9.17) is 24.5 Å². The zero-order chi connectivity index (χ0) is 21.8. The summed E-state index contributed by atoms with van der Waals surface area (Å²) in [6.45, 7) is 6.53. The van der Waals surface area contributed by atoms with Gasteiger partial charge < -0.3 is 14.9 Å². The summed E-state index contributed by atoms with van der Waals surface area (Å²) in [6, 6.07) is 18.9. The number of ether oxygens (including phenoxy) is 1. The fraction of sp³-hybridized carbons (Fsp3) is 0.304. The standard InChI is InChI=1S/C21H26N2O.C2H2O4/c1-24-21-11-5-9-20(17-21)18-23-15-13-22(14-16-23)12-6-10-19-7-3-2-4-8-19;3-1(4)2(5)6/h2-11,17H,12-16,18H2,1H3;(H,3,4)(H,5,6)/b10-6+;. The van der Waals surface area contributed by atoms with Gasteiger partial charge in [-0.25, -0.2) is 9.59 Å². The highest BCUT2D eigenvalue weighted by atomic mass is 16.5. The summed E-state index contributed by atoms with van der Waals surface area (Å²) in [4.78, 5) is 23.2. The highest BCUT2D eigenvalue weighted by molar-refractivity contribution is 6.27. The minimum atomic E-state index is -1.82. The second kappa shape index (κ2) is 12.4. The molecule has 0 aromatic heterocycles. The molecule has 1 heterocycles. The number of rotatable bonds is 6. The summed E-state index contributed by atoms with van der Waals surface area (Å²) >= 11 is 0. The summed E-state index contributed by atoms with van der Waals surface area (Å²) in [7, 11) is 1.72. The van der Waals surface area contributed by atoms with Crippen molar-refractivity contribution < 1.29 is 24.5 Å². The lowest BCUT2D eigenvalue weighted by atomic mass is 10.2. The molecule has 0 atom stereocenters. The Bertz CT molecular complexity index is 818. The van der Waals surface area contributed by atoms with Crippen molar-refractivity contribution in [2.24, 2.45) is 0 Å². The van der Waals surface area contributed by atoms with Gasteiger partial charge in [0.05, 0.1) is 7.11 Å². The molecule has 2 aromatic carbocycles. The van der Waals surface area contributed by atoms with E-state index in [9.17, 15) is 0 Å². The van der Waals surface area contributed by atoms with Gasteiger partial charge in [-0.15, -0.1) is 0 Å². The van der Waals surface area contributed by atoms with Gasteiger partial charge in [0.2, 0.25) is 0 Å². The fourth-order valence-corrected chi connectivity index (χ4v) is 3.06. The maximum atomic E-state index is 9.10. The predicted octanol–water partition coefficient (Wildman–Crippen LogP) is 2.68. The molecule has 3 rings (SSSR count). The second-order valence-electron chi connectivity index (χ2n) is 6.85. The van der Waals surface area contributed by atoms with Gasteiger partial charge in [-0.3, -0.25) is 9.80 Å². The molecule has 0 saturated carbocycles. The Morgan fingerprint density at radius 1 is 0.933 bits per heavy atom. The van der Waals surface area contributed by atoms with Gasteiger partial charge >= 0.3 is 11.9 Å². The Morgan fingerprint density at radius 2 is 1.57 bits per heavy atom. The minimum absolute atomic E-state index is 0.942. The molecule has 7 nitrogen and oxygen atoms in total. The number of benzene rings is 2. The van der Waals surface area contributed by atoms with Crippen LogP contribution in [0.15, 0.2) is 60.7 Å². The summed E-state index contributed by atoms with van der Waals surface area (Å²) in [6.07, 6.45) is 4.48. The quantitative estimate of drug-likeness (QED) is 0.705. The smallest absolute Gasteiger partial charge is 0.414 e. The molecule has 0 unspecified atom stereocenters. The van der Waals surface area contributed by atoms with Crippen molar-refractivity contribution in [1.82, 2.24) is 9.80 Å². The molecular weight excluding hydrogens is 384 g/mol. The van der Waals surface area contributed by atoms with Crippen LogP contribution in [-0.2, 0) is 16.1 Å². The molecule has 2 N–H and O–H groups in total. The van der Waals surface area contributed by atoms with Crippen molar-refractivity contribution in [1.29, 1.82) is 0 Å². The number of aliphatic carboxylic acids is 2. The van der Waals surface area contributed by atoms with Gasteiger partial charge in [-0.05, 0) is 23.3 Å². The van der Waals surface area contributed by atoms with Crippen LogP contribution in [0, 0.1) is 0 Å². The molecule has 0 amide bonds. The van der Waals surface area contributed by atoms with Crippen LogP contribution in [0.1, 0.15) is 11.1 Å². The summed E-state index contributed by atoms with van der Waals surface area (Å²) < 4.78 is 5.31. The number of piperazine rings is 1. The summed E-state index contributed by atoms with van der Waals surface area (Å²) in [5.74, 6) is -2.71. The molecule has 160 valence electrons. The molecule has 0 radical (unpaired) electrons. The normalized spacial score (nSPS) is 14.7. The number of hydrogen-bond acceptors (Lipinski definition) is 5. The number of carboxylic acid groups (broad SMARTS) is 2. The van der Waals surface area contributed by atoms with Gasteiger partial charge in [0.1, 0.15) is 5.75 Å². The third-order valence-electron chi connectivity index (χ3n) is 4.66. The van der Waals surface area contributed by atoms with Crippen LogP contribution in [0.25, 0.3) is 6.08 Å². The highest BCUT2D eigenvalue weighted by Crippen LogP contribution is 2.15. The van der Waals surface area contributed by atoms with Crippen LogP contribution in [0.3, 0.4) is 0 Å². The Balaban J connectivity index is 0.000000469. The molecule has 0 bridgehead atoms. The average Bonchev–Trinajstić information content (AvgIpc) is 2.76. The van der Waals surface area contributed by atoms with E-state index in [0.29, 0.717) is 0 Å². The number of nitrogens with zero attached hydrogens (tertiary/aromatic N) is 2. The molecule has 1 fully saturated rings. The second-order valence-corrected chi connectivity index (χ2v) is 6.85. The minimum Gasteiger partial charge on any atom is -0.497 e. The summed E-state index contributed by atoms with van der Waals surface area (Å²) in [5.41, 5.74) is 2.60. The van der Waals surface area contributed by atoms with Gasteiger partial charge in [0.15, 0.2) is 0 Å². The van der Waals surface area contributed by atoms with E-state index in [0.717, 1.165) is 45.0 Å². The highest BCUT2D eigenvalue weighted by Gasteiger charge is 2.16. The third kappa shape index (κ3) is 8.46. The molecule has 1 aliphatic rings. The SMILES string of the molecule is COc1cccc(CN2CCN(C/C=C/c3ccccc3)CC2)c1.O=C(O)C(=O)O. The molecule has 0 spiro atoms. The van der Waals surface area contributed by atoms with Gasteiger partial charge in [-0.1, -0.05) is 54.6 Å². The zero-order valence-corrected chi connectivity index (χ0v) is 17.1. The molecule has 2 aromatic rings. The van der Waals surface area contributed by atoms with E-state index in [2.05, 4.69) is 70.5 Å². The van der Waals surface area contributed by atoms with E-state index in [1.807, 2.05) is 6.07 Å². The topological polar surface area (TPSA) is 90.3 Å². The van der Waals surface area contributed by atoms with Crippen LogP contribution in [0.4, 0.5) is 0 Å². The van der Waals surface area contributed by atoms with Crippen molar-refractivity contribution in [3.63, 3.8) is 0 Å². The summed E-state index contributed by atoms with van der Waals surface area (Å²) in [5, 5.41) is 14.8. The number of carbonyl (C=O) groups is 2. The van der Waals surface area contributed by atoms with Crippen molar-refractivity contribution >= 4 is 18.0 Å². The molecule has 0 aliphatic carbocycles. The lowest BCUT2D eigenvalue weighted by Gasteiger charge is -2.34. The first kappa shape index (κ1) is 23.1. The van der Waals surface area contributed by atoms with Gasteiger partial charge in [-0.2, -0.15) is 0 Å². The number of carboxylic acids is 2. The third-order valence-corrected chi connectivity index (χ3v) is 4.66. The maximum Gasteiger partial charge on any atom is 0.414 e. The van der Waals surface area contributed by atoms with E-state index < -0.39 is 11.9 Å². The lowest BCUT2D eigenvalue weighted by Crippen LogP contribution is -2.45. The largest absolute Gasteiger partial charge is 0.497 e. The van der Waals surface area contributed by atoms with Crippen LogP contribution < -0.4 is 4.74 Å². The lowest BCUT2D eigenvalue weighted by molar-refractivity contribution is -0.159. The Labute approximate surface area is 176 Å². The van der Waals surface area contributed by atoms with E-state index in [1.165, 1.54) is 11.1 Å². The maximum absolute atomic E-state index is 9.10. The first-order chi connectivity index (χ1) is 14.5. The van der Waals surface area contributed by atoms with Crippen LogP contribution in [0.5, 0.6) is 5.75 Å². The van der Waals surface area contributed by atoms with Gasteiger partial charge in [0, 0.05) is 39.3 Å². The Morgan fingerprint density at radius 3 is 2.17 bits per heavy atom. The molecule has 7 heteroatoms. The predicted molar refractivity (Wildman–Crippen MR) is 115 cm³/mol. The average molecular weight is 412 g/mol. The Hall–Kier alpha value is -3.16. The molecule has 30 heavy (non-hydrogen) atoms. The van der Waals surface area contributed by atoms with Crippen molar-refractivity contribution in [3.8, 4) is 5.75 Å². The van der Waals surface area contributed by atoms with E-state index in [-0.39, 0.29) is 0 Å². The fourth-order valence-electron chi connectivity index (χ4n) is 3.06. The van der Waals surface area contributed by atoms with Crippen LogP contribution in [0.2, 0.25) is 0 Å². The monoisotopic (exact) mass is 412 g/mol. The van der Waals surface area contributed by atoms with Crippen molar-refractivity contribution in [2.75, 3.05) is 39.8 Å². The first-order valence-electron chi connectivity index (χ1n) is 9.73. The van der Waals surface area contributed by atoms with Crippen molar-refractivity contribution in [2.45, 2.75) is 6.54 Å². The van der Waals surface area contributed by atoms with Crippen LogP contribution in [-0.4, -0.2) is 71.8 Å². The van der Waals surface area contributed by atoms with Crippen LogP contribution >= 0.6 is 0 Å². The molecule has 1 aliphatic heterocycles.